The third-order valence-corrected chi connectivity index (χ3v) is 4.91. The number of aliphatic carboxylic acids is 1. The molecular formula is C16H20N5NaO10. The number of carboxylic acids is 1. The molecule has 3 heterocycles. The number of aliphatic hydroxyl groups excluding tert-OH is 3. The number of azide groups is 1. The van der Waals surface area contributed by atoms with E-state index in [1.807, 2.05) is 4.98 Å². The van der Waals surface area contributed by atoms with E-state index in [1.54, 1.807) is 0 Å². The van der Waals surface area contributed by atoms with Crippen molar-refractivity contribution >= 4 is 5.97 Å². The molecule has 8 atom stereocenters. The van der Waals surface area contributed by atoms with Crippen molar-refractivity contribution in [3.63, 3.8) is 0 Å². The zero-order valence-electron chi connectivity index (χ0n) is 19.6. The van der Waals surface area contributed by atoms with Crippen molar-refractivity contribution in [2.45, 2.75) is 62.4 Å². The van der Waals surface area contributed by atoms with Crippen molar-refractivity contribution in [3.05, 3.63) is 43.0 Å². The van der Waals surface area contributed by atoms with Crippen LogP contribution in [0.2, 0.25) is 0 Å². The second-order valence-corrected chi connectivity index (χ2v) is 6.90. The Morgan fingerprint density at radius 2 is 2.12 bits per heavy atom. The zero-order valence-corrected chi connectivity index (χ0v) is 18.6. The number of carbonyl (C=O) groups is 1. The first-order valence-corrected chi connectivity index (χ1v) is 8.93. The minimum absolute atomic E-state index is 0. The second kappa shape index (κ2) is 10.9. The number of ether oxygens (including phenoxy) is 3. The number of H-pyrrole nitrogens is 1. The van der Waals surface area contributed by atoms with Gasteiger partial charge in [0.2, 0.25) is 0 Å². The molecule has 15 nitrogen and oxygen atoms in total. The summed E-state index contributed by atoms with van der Waals surface area (Å²) in [7, 11) is 0. The minimum atomic E-state index is -2.83. The Morgan fingerprint density at radius 1 is 1.41 bits per heavy atom. The van der Waals surface area contributed by atoms with Gasteiger partial charge in [0.25, 0.3) is 5.56 Å². The molecule has 5 unspecified atom stereocenters. The summed E-state index contributed by atoms with van der Waals surface area (Å²) in [6, 6.07) is -0.974. The number of aliphatic hydroxyl groups is 3. The van der Waals surface area contributed by atoms with Gasteiger partial charge in [0, 0.05) is 27.2 Å². The van der Waals surface area contributed by atoms with Crippen LogP contribution in [0.15, 0.2) is 20.9 Å². The van der Waals surface area contributed by atoms with E-state index in [9.17, 15) is 34.8 Å². The van der Waals surface area contributed by atoms with Crippen molar-refractivity contribution in [1.82, 2.24) is 9.55 Å². The van der Waals surface area contributed by atoms with E-state index in [0.717, 1.165) is 10.8 Å². The topological polar surface area (TPSA) is 232 Å². The van der Waals surface area contributed by atoms with Gasteiger partial charge >= 0.3 is 35.2 Å². The maximum Gasteiger partial charge on any atom is 1.00 e. The van der Waals surface area contributed by atoms with E-state index in [0.29, 0.717) is 0 Å². The Balaban J connectivity index is 0.00000432. The molecule has 0 spiro atoms. The van der Waals surface area contributed by atoms with Gasteiger partial charge in [0.05, 0.1) is 24.7 Å². The number of aromatic nitrogens is 2. The van der Waals surface area contributed by atoms with Crippen LogP contribution in [0.3, 0.4) is 0 Å². The van der Waals surface area contributed by atoms with E-state index in [1.165, 1.54) is 0 Å². The summed E-state index contributed by atoms with van der Waals surface area (Å²) in [5.41, 5.74) is 6.08. The van der Waals surface area contributed by atoms with Crippen molar-refractivity contribution in [3.8, 4) is 0 Å². The molecule has 0 saturated carbocycles. The Hall–Kier alpha value is -1.78. The van der Waals surface area contributed by atoms with Crippen LogP contribution in [0.5, 0.6) is 0 Å². The smallest absolute Gasteiger partial charge is 0.547 e. The summed E-state index contributed by atoms with van der Waals surface area (Å²) in [4.78, 5) is 39.7. The normalized spacial score (nSPS) is 36.2. The number of hydrogen-bond acceptors (Lipinski definition) is 11. The average molecular weight is 468 g/mol. The molecule has 0 aliphatic carbocycles. The van der Waals surface area contributed by atoms with Gasteiger partial charge in [-0.05, 0) is 12.4 Å². The molecule has 0 amide bonds. The fraction of sp³-hybridized carbons (Fsp3) is 0.688. The van der Waals surface area contributed by atoms with Crippen molar-refractivity contribution in [2.75, 3.05) is 6.61 Å². The summed E-state index contributed by atoms with van der Waals surface area (Å²) in [6.45, 7) is -3.33. The Labute approximate surface area is 205 Å². The molecule has 0 bridgehead atoms. The predicted molar refractivity (Wildman–Crippen MR) is 95.2 cm³/mol. The standard InChI is InChI=1S/C16H21N5O10.Na/c1-5-3-21(16(28)18-13(5)25)8-2-6(19-20-17)7(30-8)4-29-15-11(24)9(22)10(23)12(31-15)14(26)27;/h3,6-12,15,22-24H,2,4H2,1H3,(H,26,27)(H,18,25,28);/q;+1/p-1/t6-,7-,8-,9?,10?,11?,12?,15?;/m1./s1/i1D3;. The van der Waals surface area contributed by atoms with Crippen LogP contribution >= 0.6 is 0 Å². The van der Waals surface area contributed by atoms with Crippen molar-refractivity contribution < 1.29 is 73.1 Å². The maximum atomic E-state index is 12.2. The summed E-state index contributed by atoms with van der Waals surface area (Å²) < 4.78 is 38.9. The first-order chi connectivity index (χ1) is 15.8. The van der Waals surface area contributed by atoms with Crippen LogP contribution in [-0.2, 0) is 19.0 Å². The van der Waals surface area contributed by atoms with E-state index in [2.05, 4.69) is 10.0 Å². The van der Waals surface area contributed by atoms with Gasteiger partial charge in [-0.2, -0.15) is 0 Å². The predicted octanol–water partition coefficient (Wildman–Crippen LogP) is -6.61. The third kappa shape index (κ3) is 5.40. The number of rotatable bonds is 6. The SMILES string of the molecule is [2H]C([2H])([2H])c1cn([C@H]2C[C@@H](N=[N+]=[N-])[C@@H](COC3OC(C(=O)[O-])C(O)C(O)C3O)O2)c(=O)[nH]c1=O.[Na+]. The molecule has 2 aliphatic heterocycles. The molecule has 16 heteroatoms. The van der Waals surface area contributed by atoms with Crippen molar-refractivity contribution in [1.29, 1.82) is 0 Å². The molecule has 32 heavy (non-hydrogen) atoms. The van der Waals surface area contributed by atoms with Gasteiger partial charge in [-0.25, -0.2) is 4.79 Å². The van der Waals surface area contributed by atoms with Crippen LogP contribution in [-0.4, -0.2) is 80.3 Å². The Morgan fingerprint density at radius 3 is 2.75 bits per heavy atom. The number of carboxylic acid groups (broad SMARTS) is 1. The van der Waals surface area contributed by atoms with Gasteiger partial charge < -0.3 is 39.4 Å². The number of aryl methyl sites for hydroxylation is 1. The van der Waals surface area contributed by atoms with Gasteiger partial charge in [0.15, 0.2) is 6.29 Å². The van der Waals surface area contributed by atoms with Gasteiger partial charge in [-0.15, -0.1) is 0 Å². The molecule has 2 fully saturated rings. The van der Waals surface area contributed by atoms with Crippen LogP contribution in [0.25, 0.3) is 10.4 Å². The molecule has 2 saturated heterocycles. The van der Waals surface area contributed by atoms with E-state index >= 15 is 0 Å². The molecular weight excluding hydrogens is 445 g/mol. The van der Waals surface area contributed by atoms with Crippen LogP contribution in [0.4, 0.5) is 0 Å². The maximum absolute atomic E-state index is 12.2. The number of aromatic amines is 1. The van der Waals surface area contributed by atoms with E-state index < -0.39 is 85.3 Å². The largest absolute Gasteiger partial charge is 1.00 e. The fourth-order valence-electron chi connectivity index (χ4n) is 3.29. The third-order valence-electron chi connectivity index (χ3n) is 4.91. The fourth-order valence-corrected chi connectivity index (χ4v) is 3.29. The summed E-state index contributed by atoms with van der Waals surface area (Å²) in [6.07, 6.45) is -11.1. The number of nitrogens with zero attached hydrogens (tertiary/aromatic N) is 4. The van der Waals surface area contributed by atoms with Crippen LogP contribution in [0.1, 0.15) is 22.3 Å². The summed E-state index contributed by atoms with van der Waals surface area (Å²) in [5, 5.41) is 44.2. The van der Waals surface area contributed by atoms with Gasteiger partial charge in [-0.1, -0.05) is 5.11 Å². The first-order valence-electron chi connectivity index (χ1n) is 10.4. The molecule has 1 aromatic heterocycles. The van der Waals surface area contributed by atoms with E-state index in [4.69, 9.17) is 23.9 Å². The Bertz CT molecular complexity index is 1090. The second-order valence-electron chi connectivity index (χ2n) is 6.90. The first kappa shape index (κ1) is 22.0. The number of carbonyl (C=O) groups excluding carboxylic acids is 1. The summed E-state index contributed by atoms with van der Waals surface area (Å²) in [5.74, 6) is -1.86. The number of nitrogens with one attached hydrogen (secondary N) is 1. The molecule has 3 rings (SSSR count). The van der Waals surface area contributed by atoms with Crippen molar-refractivity contribution in [2.24, 2.45) is 5.11 Å². The average Bonchev–Trinajstić information content (AvgIpc) is 3.13. The Kier molecular flexibility index (Phi) is 7.50. The van der Waals surface area contributed by atoms with E-state index in [-0.39, 0.29) is 36.0 Å². The molecule has 0 aromatic carbocycles. The minimum Gasteiger partial charge on any atom is -0.547 e. The number of hydrogen-bond donors (Lipinski definition) is 4. The van der Waals surface area contributed by atoms with Gasteiger partial charge in [0.1, 0.15) is 30.6 Å². The molecule has 1 aromatic rings. The van der Waals surface area contributed by atoms with Crippen LogP contribution < -0.4 is 45.9 Å². The quantitative estimate of drug-likeness (QED) is 0.133. The molecule has 4 N–H and O–H groups in total. The molecule has 0 radical (unpaired) electrons. The van der Waals surface area contributed by atoms with Crippen LogP contribution in [0, 0.1) is 6.85 Å². The molecule has 2 aliphatic rings. The molecule has 170 valence electrons. The zero-order chi connectivity index (χ0) is 25.4. The summed E-state index contributed by atoms with van der Waals surface area (Å²) >= 11 is 0. The monoisotopic (exact) mass is 468 g/mol. The van der Waals surface area contributed by atoms with Gasteiger partial charge in [-0.3, -0.25) is 14.3 Å².